The van der Waals surface area contributed by atoms with Gasteiger partial charge >= 0.3 is 31.3 Å². The summed E-state index contributed by atoms with van der Waals surface area (Å²) in [6.07, 6.45) is 7.12. The number of nitrogens with zero attached hydrogens (tertiary/aromatic N) is 11. The Morgan fingerprint density at radius 2 is 0.814 bits per heavy atom. The van der Waals surface area contributed by atoms with E-state index in [-0.39, 0.29) is 70.0 Å². The van der Waals surface area contributed by atoms with Gasteiger partial charge in [0.2, 0.25) is 0 Å². The van der Waals surface area contributed by atoms with Crippen molar-refractivity contribution in [1.82, 2.24) is 52.3 Å². The molecule has 23 heteroatoms. The second kappa shape index (κ2) is 30.0. The van der Waals surface area contributed by atoms with Gasteiger partial charge in [-0.05, 0) is 205 Å². The van der Waals surface area contributed by atoms with Crippen molar-refractivity contribution >= 4 is 93.5 Å². The molecule has 102 heavy (non-hydrogen) atoms. The Labute approximate surface area is 615 Å². The molecule has 0 aliphatic carbocycles. The third-order valence-corrected chi connectivity index (χ3v) is 19.4. The Morgan fingerprint density at radius 3 is 1.25 bits per heavy atom. The number of fused-ring (bicyclic) bond motifs is 3. The van der Waals surface area contributed by atoms with Gasteiger partial charge in [0.05, 0.1) is 50.3 Å². The SMILES string of the molecule is CC1(C)OB(c2cccnc2)OC1(C)C.Cc1ccc(-c2ccncc2)cc1-c1ccc2c(n1)n(C)c(=O)n2CC(C)(C)C.Cc1ccc(Cl)cc1-c1ccc2c(n1)n(C)c(=O)n2CC(C)(C)C.Cc1ccc(Cl)cc1B1OC(C)(C)C(C)(C)O1.Cn1c(=O)n(CC(C)(C)C)c2ccc(Cl)nc21. The van der Waals surface area contributed by atoms with Crippen LogP contribution in [0.2, 0.25) is 15.2 Å². The van der Waals surface area contributed by atoms with Crippen LogP contribution in [0.4, 0.5) is 0 Å². The highest BCUT2D eigenvalue weighted by Gasteiger charge is 2.53. The van der Waals surface area contributed by atoms with Gasteiger partial charge in [0.25, 0.3) is 0 Å². The fourth-order valence-electron chi connectivity index (χ4n) is 11.8. The monoisotopic (exact) mass is 1440 g/mol. The van der Waals surface area contributed by atoms with Gasteiger partial charge in [0.15, 0.2) is 16.9 Å². The first-order chi connectivity index (χ1) is 47.4. The minimum absolute atomic E-state index is 0.00619. The van der Waals surface area contributed by atoms with Gasteiger partial charge in [-0.1, -0.05) is 133 Å². The standard InChI is InChI=1S/C24H26N4O.C19H22ClN3O.C13H18BClO2.C12H16ClN3O.C11H16BNO2/c1-16-6-7-18(17-10-12-25-13-11-17)14-19(16)20-8-9-21-22(26-20)27(5)23(29)28(21)15-24(2,3)4;1-12-6-7-13(20)10-14(12)15-8-9-16-17(21-15)22(5)18(24)23(16)11-19(2,3)4;1-9-6-7-10(15)8-11(9)14-16-12(2,3)13(4,5)17-14;1-12(2,3)7-16-8-5-6-9(13)14-10(8)15(4)11(16)17;1-10(2)11(3,4)15-12(14-10)9-6-5-7-13-8-9/h6-14H,15H2,1-5H3;6-10H,11H2,1-5H3;6-8H,1-5H3;5-6H,7H2,1-4H3;5-8H,1-4H3. The molecule has 0 atom stereocenters. The number of benzene rings is 3. The normalized spacial score (nSPS) is 15.3. The maximum atomic E-state index is 12.8. The number of imidazole rings is 3. The molecule has 10 heterocycles. The lowest BCUT2D eigenvalue weighted by Gasteiger charge is -2.32. The Balaban J connectivity index is 0.000000152. The Hall–Kier alpha value is -7.94. The van der Waals surface area contributed by atoms with E-state index in [1.165, 1.54) is 4.57 Å². The van der Waals surface area contributed by atoms with Crippen LogP contribution in [0, 0.1) is 37.0 Å². The molecule has 0 radical (unpaired) electrons. The molecule has 0 bridgehead atoms. The van der Waals surface area contributed by atoms with Crippen molar-refractivity contribution in [3.8, 4) is 33.6 Å². The molecule has 8 aromatic heterocycles. The summed E-state index contributed by atoms with van der Waals surface area (Å²) >= 11 is 18.0. The van der Waals surface area contributed by atoms with Crippen LogP contribution >= 0.6 is 34.8 Å². The first-order valence-electron chi connectivity index (χ1n) is 34.4. The van der Waals surface area contributed by atoms with Crippen LogP contribution in [0.1, 0.15) is 134 Å². The number of rotatable bonds is 8. The molecule has 0 N–H and O–H groups in total. The number of hydrogen-bond acceptors (Lipinski definition) is 12. The third kappa shape index (κ3) is 17.8. The number of halogens is 3. The van der Waals surface area contributed by atoms with Gasteiger partial charge in [-0.3, -0.25) is 37.4 Å². The Kier molecular flexibility index (Phi) is 23.0. The van der Waals surface area contributed by atoms with Gasteiger partial charge < -0.3 is 18.6 Å². The van der Waals surface area contributed by atoms with E-state index in [1.54, 1.807) is 70.3 Å². The maximum Gasteiger partial charge on any atom is 0.496 e. The van der Waals surface area contributed by atoms with Crippen LogP contribution in [0.3, 0.4) is 0 Å². The van der Waals surface area contributed by atoms with Crippen LogP contribution in [0.5, 0.6) is 0 Å². The molecule has 2 fully saturated rings. The topological polar surface area (TPSA) is 182 Å². The third-order valence-electron chi connectivity index (χ3n) is 18.8. The molecule has 0 saturated carbocycles. The predicted octanol–water partition coefficient (Wildman–Crippen LogP) is 16.0. The molecule has 11 aromatic rings. The van der Waals surface area contributed by atoms with Crippen molar-refractivity contribution in [3.05, 3.63) is 203 Å². The molecule has 2 aliphatic rings. The molecule has 0 amide bonds. The molecule has 18 nitrogen and oxygen atoms in total. The fourth-order valence-corrected chi connectivity index (χ4v) is 12.3. The van der Waals surface area contributed by atoms with Crippen LogP contribution in [0.25, 0.3) is 67.1 Å². The molecule has 538 valence electrons. The summed E-state index contributed by atoms with van der Waals surface area (Å²) in [6.45, 7) is 43.5. The van der Waals surface area contributed by atoms with E-state index in [4.69, 9.17) is 63.4 Å². The number of aryl methyl sites for hydroxylation is 6. The lowest BCUT2D eigenvalue weighted by atomic mass is 9.76. The fraction of sp³-hybridized carbons (Fsp3) is 0.418. The van der Waals surface area contributed by atoms with Crippen LogP contribution < -0.4 is 28.0 Å². The van der Waals surface area contributed by atoms with Crippen molar-refractivity contribution in [1.29, 1.82) is 0 Å². The van der Waals surface area contributed by atoms with Crippen molar-refractivity contribution < 1.29 is 18.6 Å². The zero-order chi connectivity index (χ0) is 75.1. The molecule has 0 spiro atoms. The number of pyridine rings is 5. The Morgan fingerprint density at radius 1 is 0.422 bits per heavy atom. The molecule has 0 unspecified atom stereocenters. The highest BCUT2D eigenvalue weighted by molar-refractivity contribution is 6.63. The van der Waals surface area contributed by atoms with E-state index in [1.807, 2.05) is 165 Å². The van der Waals surface area contributed by atoms with E-state index >= 15 is 0 Å². The molecular weight excluding hydrogens is 1340 g/mol. The summed E-state index contributed by atoms with van der Waals surface area (Å²) in [7, 11) is 4.64. The highest BCUT2D eigenvalue weighted by Crippen LogP contribution is 2.39. The van der Waals surface area contributed by atoms with E-state index in [2.05, 4.69) is 102 Å². The van der Waals surface area contributed by atoms with Gasteiger partial charge in [-0.25, -0.2) is 29.3 Å². The minimum Gasteiger partial charge on any atom is -0.399 e. The summed E-state index contributed by atoms with van der Waals surface area (Å²) in [5.41, 5.74) is 14.7. The maximum absolute atomic E-state index is 12.8. The Bertz CT molecular complexity index is 5000. The zero-order valence-electron chi connectivity index (χ0n) is 63.5. The average molecular weight is 1440 g/mol. The van der Waals surface area contributed by atoms with E-state index in [9.17, 15) is 14.4 Å². The smallest absolute Gasteiger partial charge is 0.399 e. The van der Waals surface area contributed by atoms with E-state index in [0.717, 1.165) is 77.8 Å². The second-order valence-electron chi connectivity index (χ2n) is 32.2. The number of hydrogen-bond donors (Lipinski definition) is 0. The van der Waals surface area contributed by atoms with Crippen molar-refractivity contribution in [2.24, 2.45) is 37.4 Å². The lowest BCUT2D eigenvalue weighted by molar-refractivity contribution is 0.00578. The zero-order valence-corrected chi connectivity index (χ0v) is 65.7. The minimum atomic E-state index is -0.335. The molecule has 3 aromatic carbocycles. The van der Waals surface area contributed by atoms with Crippen LogP contribution in [-0.2, 0) is 59.4 Å². The van der Waals surface area contributed by atoms with Gasteiger partial charge in [-0.2, -0.15) is 0 Å². The van der Waals surface area contributed by atoms with Crippen molar-refractivity contribution in [2.75, 3.05) is 0 Å². The molecule has 2 saturated heterocycles. The summed E-state index contributed by atoms with van der Waals surface area (Å²) < 4.78 is 34.0. The summed E-state index contributed by atoms with van der Waals surface area (Å²) in [5, 5.41) is 1.79. The first-order valence-corrected chi connectivity index (χ1v) is 35.5. The molecule has 13 rings (SSSR count). The second-order valence-corrected chi connectivity index (χ2v) is 33.5. The van der Waals surface area contributed by atoms with Crippen molar-refractivity contribution in [3.63, 3.8) is 0 Å². The summed E-state index contributed by atoms with van der Waals surface area (Å²) in [5.74, 6) is 0. The van der Waals surface area contributed by atoms with Crippen LogP contribution in [-0.4, -0.2) is 89.0 Å². The average Bonchev–Trinajstić information content (AvgIpc) is 1.62. The summed E-state index contributed by atoms with van der Waals surface area (Å²) in [6, 6.07) is 37.3. The van der Waals surface area contributed by atoms with Gasteiger partial charge in [0, 0.05) is 92.2 Å². The molecule has 2 aliphatic heterocycles. The van der Waals surface area contributed by atoms with Gasteiger partial charge in [0.1, 0.15) is 5.15 Å². The molecular formula is C79H98B2Cl3N11O7. The quantitative estimate of drug-likeness (QED) is 0.104. The van der Waals surface area contributed by atoms with Crippen LogP contribution in [0.15, 0.2) is 154 Å². The van der Waals surface area contributed by atoms with Gasteiger partial charge in [-0.15, -0.1) is 0 Å². The predicted molar refractivity (Wildman–Crippen MR) is 419 cm³/mol. The first kappa shape index (κ1) is 78.2. The number of aromatic nitrogens is 11. The van der Waals surface area contributed by atoms with E-state index in [0.29, 0.717) is 51.8 Å². The van der Waals surface area contributed by atoms with E-state index < -0.39 is 0 Å². The van der Waals surface area contributed by atoms with Crippen molar-refractivity contribution in [2.45, 2.75) is 181 Å². The lowest BCUT2D eigenvalue weighted by Crippen LogP contribution is -2.41. The largest absolute Gasteiger partial charge is 0.496 e. The summed E-state index contributed by atoms with van der Waals surface area (Å²) in [4.78, 5) is 59.5. The highest BCUT2D eigenvalue weighted by atomic mass is 35.5.